The van der Waals surface area contributed by atoms with Crippen molar-refractivity contribution in [2.75, 3.05) is 13.9 Å². The Morgan fingerprint density at radius 3 is 2.76 bits per heavy atom. The van der Waals surface area contributed by atoms with Gasteiger partial charge in [0.15, 0.2) is 11.5 Å². The van der Waals surface area contributed by atoms with Crippen LogP contribution in [0.2, 0.25) is 0 Å². The first-order valence-electron chi connectivity index (χ1n) is 12.1. The van der Waals surface area contributed by atoms with Gasteiger partial charge < -0.3 is 24.1 Å². The molecule has 5 rings (SSSR count). The summed E-state index contributed by atoms with van der Waals surface area (Å²) in [6.07, 6.45) is 5.58. The van der Waals surface area contributed by atoms with E-state index in [2.05, 4.69) is 5.32 Å². The first kappa shape index (κ1) is 24.7. The molecule has 0 atom stereocenters. The number of nitriles is 1. The van der Waals surface area contributed by atoms with E-state index in [0.29, 0.717) is 17.1 Å². The van der Waals surface area contributed by atoms with Crippen LogP contribution in [0.1, 0.15) is 56.2 Å². The number of hydrogen-bond acceptors (Lipinski definition) is 7. The highest BCUT2D eigenvalue weighted by molar-refractivity contribution is 7.15. The van der Waals surface area contributed by atoms with Crippen LogP contribution < -0.4 is 14.8 Å². The molecule has 1 aliphatic heterocycles. The van der Waals surface area contributed by atoms with Crippen LogP contribution in [0.15, 0.2) is 29.8 Å². The summed E-state index contributed by atoms with van der Waals surface area (Å²) >= 11 is 1.62. The van der Waals surface area contributed by atoms with E-state index in [-0.39, 0.29) is 24.9 Å². The summed E-state index contributed by atoms with van der Waals surface area (Å²) in [5, 5.41) is 13.4. The van der Waals surface area contributed by atoms with Crippen LogP contribution >= 0.6 is 11.3 Å². The summed E-state index contributed by atoms with van der Waals surface area (Å²) < 4.78 is 17.9. The normalized spacial score (nSPS) is 14.2. The summed E-state index contributed by atoms with van der Waals surface area (Å²) in [5.41, 5.74) is 5.05. The number of thiophene rings is 1. The lowest BCUT2D eigenvalue weighted by molar-refractivity contribution is -0.117. The molecule has 37 heavy (non-hydrogen) atoms. The van der Waals surface area contributed by atoms with Crippen molar-refractivity contribution in [2.45, 2.75) is 46.1 Å². The van der Waals surface area contributed by atoms with Gasteiger partial charge in [-0.25, -0.2) is 4.79 Å². The van der Waals surface area contributed by atoms with Gasteiger partial charge in [-0.05, 0) is 80.5 Å². The van der Waals surface area contributed by atoms with Crippen molar-refractivity contribution >= 4 is 29.3 Å². The lowest BCUT2D eigenvalue weighted by Gasteiger charge is -2.12. The Balaban J connectivity index is 1.42. The Labute approximate surface area is 219 Å². The minimum atomic E-state index is -0.466. The molecular weight excluding hydrogens is 490 g/mol. The van der Waals surface area contributed by atoms with E-state index >= 15 is 0 Å². The molecule has 2 aliphatic rings. The molecule has 3 aromatic rings. The molecule has 2 aromatic heterocycles. The maximum Gasteiger partial charge on any atom is 0.341 e. The molecule has 0 radical (unpaired) electrons. The molecule has 0 saturated carbocycles. The molecule has 1 aliphatic carbocycles. The van der Waals surface area contributed by atoms with Gasteiger partial charge in [0.1, 0.15) is 16.6 Å². The van der Waals surface area contributed by atoms with E-state index in [4.69, 9.17) is 14.2 Å². The van der Waals surface area contributed by atoms with Gasteiger partial charge in [0, 0.05) is 22.8 Å². The second-order valence-electron chi connectivity index (χ2n) is 9.08. The highest BCUT2D eigenvalue weighted by Gasteiger charge is 2.28. The first-order chi connectivity index (χ1) is 17.9. The van der Waals surface area contributed by atoms with Gasteiger partial charge in [0.05, 0.1) is 12.7 Å². The standard InChI is InChI=1S/C28H27N3O5S/c1-16-10-19(12-20(13-29)26(32)30-14-18-8-9-22-23(11-18)36-15-35-22)17(2)31(16)27-25(28(33)34-3)21-6-4-5-7-24(21)37-27/h8-12H,4-7,14-15H2,1-3H3,(H,30,32)/b20-12+. The van der Waals surface area contributed by atoms with Crippen LogP contribution in [0.4, 0.5) is 0 Å². The van der Waals surface area contributed by atoms with Crippen molar-refractivity contribution in [1.82, 2.24) is 9.88 Å². The van der Waals surface area contributed by atoms with Crippen molar-refractivity contribution < 1.29 is 23.8 Å². The first-order valence-corrected chi connectivity index (χ1v) is 12.9. The van der Waals surface area contributed by atoms with Crippen molar-refractivity contribution in [3.63, 3.8) is 0 Å². The lowest BCUT2D eigenvalue weighted by Crippen LogP contribution is -2.23. The average Bonchev–Trinajstić information content (AvgIpc) is 3.60. The Hall–Kier alpha value is -4.03. The number of nitrogens with one attached hydrogen (secondary N) is 1. The summed E-state index contributed by atoms with van der Waals surface area (Å²) in [7, 11) is 1.41. The third-order valence-corrected chi connectivity index (χ3v) is 8.05. The molecule has 3 heterocycles. The van der Waals surface area contributed by atoms with Crippen LogP contribution in [0.5, 0.6) is 11.5 Å². The average molecular weight is 518 g/mol. The van der Waals surface area contributed by atoms with Gasteiger partial charge in [-0.15, -0.1) is 11.3 Å². The maximum atomic E-state index is 12.8. The van der Waals surface area contributed by atoms with Crippen molar-refractivity contribution in [3.8, 4) is 22.6 Å². The number of carbonyl (C=O) groups is 2. The quantitative estimate of drug-likeness (QED) is 0.287. The van der Waals surface area contributed by atoms with Gasteiger partial charge in [-0.1, -0.05) is 6.07 Å². The number of aryl methyl sites for hydroxylation is 2. The fourth-order valence-corrected chi connectivity index (χ4v) is 6.39. The molecule has 190 valence electrons. The molecule has 1 N–H and O–H groups in total. The van der Waals surface area contributed by atoms with Gasteiger partial charge in [-0.3, -0.25) is 4.79 Å². The fraction of sp³-hybridized carbons (Fsp3) is 0.321. The van der Waals surface area contributed by atoms with E-state index in [9.17, 15) is 14.9 Å². The summed E-state index contributed by atoms with van der Waals surface area (Å²) in [6.45, 7) is 4.31. The minimum absolute atomic E-state index is 0.000316. The molecule has 0 spiro atoms. The van der Waals surface area contributed by atoms with Crippen molar-refractivity contribution in [3.05, 3.63) is 68.4 Å². The van der Waals surface area contributed by atoms with Crippen molar-refractivity contribution in [2.24, 2.45) is 0 Å². The van der Waals surface area contributed by atoms with Crippen LogP contribution in [0.25, 0.3) is 11.1 Å². The molecule has 8 nitrogen and oxygen atoms in total. The maximum absolute atomic E-state index is 12.8. The molecule has 0 fully saturated rings. The number of esters is 1. The Bertz CT molecular complexity index is 1470. The van der Waals surface area contributed by atoms with E-state index in [1.165, 1.54) is 12.0 Å². The second kappa shape index (κ2) is 10.1. The number of nitrogens with zero attached hydrogens (tertiary/aromatic N) is 2. The summed E-state index contributed by atoms with van der Waals surface area (Å²) in [5.74, 6) is 0.508. The largest absolute Gasteiger partial charge is 0.465 e. The predicted octanol–water partition coefficient (Wildman–Crippen LogP) is 4.77. The summed E-state index contributed by atoms with van der Waals surface area (Å²) in [4.78, 5) is 26.9. The fourth-order valence-electron chi connectivity index (χ4n) is 4.90. The smallest absolute Gasteiger partial charge is 0.341 e. The SMILES string of the molecule is COC(=O)c1c(-n2c(C)cc(/C=C(\C#N)C(=O)NCc3ccc4c(c3)OCO4)c2C)sc2c1CCCC2. The van der Waals surface area contributed by atoms with Gasteiger partial charge in [-0.2, -0.15) is 5.26 Å². The number of benzene rings is 1. The monoisotopic (exact) mass is 517 g/mol. The molecule has 9 heteroatoms. The van der Waals surface area contributed by atoms with E-state index in [1.54, 1.807) is 23.5 Å². The lowest BCUT2D eigenvalue weighted by atomic mass is 9.95. The van der Waals surface area contributed by atoms with Crippen LogP contribution in [-0.2, 0) is 28.9 Å². The highest BCUT2D eigenvalue weighted by Crippen LogP contribution is 2.39. The molecule has 0 bridgehead atoms. The number of hydrogen-bond donors (Lipinski definition) is 1. The van der Waals surface area contributed by atoms with Crippen LogP contribution in [0, 0.1) is 25.2 Å². The zero-order valence-electron chi connectivity index (χ0n) is 21.0. The number of aromatic nitrogens is 1. The van der Waals surface area contributed by atoms with E-state index < -0.39 is 5.91 Å². The number of amides is 1. The predicted molar refractivity (Wildman–Crippen MR) is 139 cm³/mol. The van der Waals surface area contributed by atoms with Crippen LogP contribution in [0.3, 0.4) is 0 Å². The van der Waals surface area contributed by atoms with E-state index in [0.717, 1.165) is 58.8 Å². The van der Waals surface area contributed by atoms with Gasteiger partial charge in [0.2, 0.25) is 6.79 Å². The molecule has 1 amide bonds. The van der Waals surface area contributed by atoms with Crippen LogP contribution in [-0.4, -0.2) is 30.3 Å². The second-order valence-corrected chi connectivity index (χ2v) is 10.2. The number of ether oxygens (including phenoxy) is 3. The molecule has 1 aromatic carbocycles. The molecule has 0 saturated heterocycles. The van der Waals surface area contributed by atoms with Crippen molar-refractivity contribution in [1.29, 1.82) is 5.26 Å². The number of carbonyl (C=O) groups excluding carboxylic acids is 2. The zero-order chi connectivity index (χ0) is 26.1. The topological polar surface area (TPSA) is 103 Å². The zero-order valence-corrected chi connectivity index (χ0v) is 21.8. The molecular formula is C28H27N3O5S. The number of methoxy groups -OCH3 is 1. The number of rotatable bonds is 6. The van der Waals surface area contributed by atoms with Gasteiger partial charge in [0.25, 0.3) is 5.91 Å². The Kier molecular flexibility index (Phi) is 6.76. The Morgan fingerprint density at radius 1 is 1.19 bits per heavy atom. The molecule has 0 unspecified atom stereocenters. The van der Waals surface area contributed by atoms with Gasteiger partial charge >= 0.3 is 5.97 Å². The highest BCUT2D eigenvalue weighted by atomic mass is 32.1. The van der Waals surface area contributed by atoms with E-state index in [1.807, 2.05) is 42.7 Å². The minimum Gasteiger partial charge on any atom is -0.465 e. The third-order valence-electron chi connectivity index (χ3n) is 6.77. The summed E-state index contributed by atoms with van der Waals surface area (Å²) in [6, 6.07) is 9.41. The Morgan fingerprint density at radius 2 is 1.97 bits per heavy atom. The third kappa shape index (κ3) is 4.60. The number of fused-ring (bicyclic) bond motifs is 2.